The highest BCUT2D eigenvalue weighted by Gasteiger charge is 2.39. The fourth-order valence-corrected chi connectivity index (χ4v) is 4.49. The summed E-state index contributed by atoms with van der Waals surface area (Å²) in [5.41, 5.74) is 1.31. The second-order valence-electron chi connectivity index (χ2n) is 7.15. The summed E-state index contributed by atoms with van der Waals surface area (Å²) in [5.74, 6) is 3.79. The lowest BCUT2D eigenvalue weighted by molar-refractivity contribution is 0.195. The normalized spacial score (nSPS) is 30.8. The minimum absolute atomic E-state index is 0.746. The summed E-state index contributed by atoms with van der Waals surface area (Å²) >= 11 is 3.65. The molecular formula is C18H24BrNO. The van der Waals surface area contributed by atoms with Crippen molar-refractivity contribution in [3.8, 4) is 5.75 Å². The van der Waals surface area contributed by atoms with Gasteiger partial charge in [0.25, 0.3) is 0 Å². The fourth-order valence-electron chi connectivity index (χ4n) is 4.10. The van der Waals surface area contributed by atoms with Crippen LogP contribution in [0.5, 0.6) is 5.75 Å². The van der Waals surface area contributed by atoms with Crippen LogP contribution in [0.2, 0.25) is 0 Å². The average Bonchev–Trinajstić information content (AvgIpc) is 3.09. The molecule has 0 aromatic heterocycles. The topological polar surface area (TPSA) is 21.3 Å². The third-order valence-corrected chi connectivity index (χ3v) is 6.30. The van der Waals surface area contributed by atoms with Crippen LogP contribution < -0.4 is 10.1 Å². The molecule has 0 spiro atoms. The van der Waals surface area contributed by atoms with E-state index >= 15 is 0 Å². The highest BCUT2D eigenvalue weighted by Crippen LogP contribution is 2.48. The number of nitrogens with one attached hydrogen (secondary N) is 1. The van der Waals surface area contributed by atoms with Crippen molar-refractivity contribution in [1.29, 1.82) is 0 Å². The van der Waals surface area contributed by atoms with Crippen molar-refractivity contribution in [2.45, 2.75) is 51.1 Å². The molecule has 0 radical (unpaired) electrons. The van der Waals surface area contributed by atoms with Crippen LogP contribution in [0.4, 0.5) is 0 Å². The maximum absolute atomic E-state index is 6.11. The fraction of sp³-hybridized carbons (Fsp3) is 0.667. The number of ether oxygens (including phenoxy) is 1. The van der Waals surface area contributed by atoms with Gasteiger partial charge in [-0.05, 0) is 73.6 Å². The van der Waals surface area contributed by atoms with E-state index in [1.165, 1.54) is 48.6 Å². The predicted molar refractivity (Wildman–Crippen MR) is 88.4 cm³/mol. The van der Waals surface area contributed by atoms with Crippen molar-refractivity contribution >= 4 is 15.9 Å². The van der Waals surface area contributed by atoms with E-state index in [1.54, 1.807) is 0 Å². The van der Waals surface area contributed by atoms with Crippen molar-refractivity contribution in [2.75, 3.05) is 6.61 Å². The Morgan fingerprint density at radius 2 is 2.05 bits per heavy atom. The summed E-state index contributed by atoms with van der Waals surface area (Å²) in [7, 11) is 0. The van der Waals surface area contributed by atoms with Crippen LogP contribution in [0.15, 0.2) is 22.7 Å². The molecule has 1 aromatic carbocycles. The number of halogens is 1. The van der Waals surface area contributed by atoms with E-state index in [1.807, 2.05) is 0 Å². The van der Waals surface area contributed by atoms with Crippen LogP contribution in [0.3, 0.4) is 0 Å². The lowest BCUT2D eigenvalue weighted by Crippen LogP contribution is -2.19. The highest BCUT2D eigenvalue weighted by molar-refractivity contribution is 9.10. The molecular weight excluding hydrogens is 326 g/mol. The Bertz CT molecular complexity index is 514. The van der Waals surface area contributed by atoms with Gasteiger partial charge in [0.2, 0.25) is 0 Å². The summed E-state index contributed by atoms with van der Waals surface area (Å²) in [6.07, 6.45) is 8.43. The van der Waals surface area contributed by atoms with Gasteiger partial charge in [-0.1, -0.05) is 22.4 Å². The quantitative estimate of drug-likeness (QED) is 0.815. The molecule has 21 heavy (non-hydrogen) atoms. The molecule has 0 heterocycles. The first-order chi connectivity index (χ1) is 10.3. The SMILES string of the molecule is Brc1ccc(OCC2CC3CCC2C3)cc1CNC1CC1. The van der Waals surface area contributed by atoms with Crippen molar-refractivity contribution in [1.82, 2.24) is 5.32 Å². The van der Waals surface area contributed by atoms with E-state index in [0.717, 1.165) is 42.7 Å². The van der Waals surface area contributed by atoms with Gasteiger partial charge in [-0.15, -0.1) is 0 Å². The monoisotopic (exact) mass is 349 g/mol. The van der Waals surface area contributed by atoms with E-state index < -0.39 is 0 Å². The first-order valence-corrected chi connectivity index (χ1v) is 9.22. The summed E-state index contributed by atoms with van der Waals surface area (Å²) in [6.45, 7) is 1.86. The largest absolute Gasteiger partial charge is 0.493 e. The zero-order chi connectivity index (χ0) is 14.2. The Labute approximate surface area is 135 Å². The Morgan fingerprint density at radius 3 is 2.76 bits per heavy atom. The van der Waals surface area contributed by atoms with E-state index in [0.29, 0.717) is 0 Å². The van der Waals surface area contributed by atoms with Crippen LogP contribution in [-0.2, 0) is 6.54 Å². The second kappa shape index (κ2) is 5.92. The number of hydrogen-bond acceptors (Lipinski definition) is 2. The summed E-state index contributed by atoms with van der Waals surface area (Å²) < 4.78 is 7.30. The molecule has 0 aliphatic heterocycles. The number of benzene rings is 1. The van der Waals surface area contributed by atoms with Gasteiger partial charge in [0.05, 0.1) is 6.61 Å². The maximum Gasteiger partial charge on any atom is 0.119 e. The van der Waals surface area contributed by atoms with Gasteiger partial charge in [0.1, 0.15) is 5.75 Å². The number of rotatable bonds is 6. The van der Waals surface area contributed by atoms with Gasteiger partial charge in [0.15, 0.2) is 0 Å². The molecule has 2 nitrogen and oxygen atoms in total. The third kappa shape index (κ3) is 3.29. The molecule has 0 saturated heterocycles. The molecule has 0 amide bonds. The van der Waals surface area contributed by atoms with Crippen molar-refractivity contribution in [3.63, 3.8) is 0 Å². The Kier molecular flexibility index (Phi) is 3.97. The van der Waals surface area contributed by atoms with E-state index in [4.69, 9.17) is 4.74 Å². The van der Waals surface area contributed by atoms with E-state index in [2.05, 4.69) is 39.4 Å². The molecule has 114 valence electrons. The summed E-state index contributed by atoms with van der Waals surface area (Å²) in [5, 5.41) is 3.57. The van der Waals surface area contributed by atoms with Crippen LogP contribution >= 0.6 is 15.9 Å². The van der Waals surface area contributed by atoms with Gasteiger partial charge in [-0.3, -0.25) is 0 Å². The summed E-state index contributed by atoms with van der Waals surface area (Å²) in [4.78, 5) is 0. The Morgan fingerprint density at radius 1 is 1.14 bits per heavy atom. The average molecular weight is 350 g/mol. The number of hydrogen-bond donors (Lipinski definition) is 1. The molecule has 3 fully saturated rings. The molecule has 3 atom stereocenters. The first kappa shape index (κ1) is 14.1. The first-order valence-electron chi connectivity index (χ1n) is 8.42. The van der Waals surface area contributed by atoms with Crippen LogP contribution in [0, 0.1) is 17.8 Å². The van der Waals surface area contributed by atoms with Crippen molar-refractivity contribution < 1.29 is 4.74 Å². The van der Waals surface area contributed by atoms with Crippen LogP contribution in [0.1, 0.15) is 44.1 Å². The molecule has 4 rings (SSSR count). The van der Waals surface area contributed by atoms with Crippen LogP contribution in [0.25, 0.3) is 0 Å². The summed E-state index contributed by atoms with van der Waals surface area (Å²) in [6, 6.07) is 7.17. The van der Waals surface area contributed by atoms with Crippen molar-refractivity contribution in [2.24, 2.45) is 17.8 Å². The van der Waals surface area contributed by atoms with Crippen LogP contribution in [-0.4, -0.2) is 12.6 Å². The number of fused-ring (bicyclic) bond motifs is 2. The maximum atomic E-state index is 6.11. The van der Waals surface area contributed by atoms with Crippen molar-refractivity contribution in [3.05, 3.63) is 28.2 Å². The second-order valence-corrected chi connectivity index (χ2v) is 8.01. The van der Waals surface area contributed by atoms with E-state index in [9.17, 15) is 0 Å². The zero-order valence-electron chi connectivity index (χ0n) is 12.5. The third-order valence-electron chi connectivity index (χ3n) is 5.52. The standard InChI is InChI=1S/C18H24BrNO/c19-18-6-5-17(9-14(18)10-20-16-3-4-16)21-11-15-8-12-1-2-13(15)7-12/h5-6,9,12-13,15-16,20H,1-4,7-8,10-11H2. The molecule has 3 aliphatic carbocycles. The minimum atomic E-state index is 0.746. The van der Waals surface area contributed by atoms with E-state index in [-0.39, 0.29) is 0 Å². The smallest absolute Gasteiger partial charge is 0.119 e. The lowest BCUT2D eigenvalue weighted by atomic mass is 9.89. The molecule has 3 saturated carbocycles. The van der Waals surface area contributed by atoms with Gasteiger partial charge in [-0.2, -0.15) is 0 Å². The lowest BCUT2D eigenvalue weighted by Gasteiger charge is -2.22. The van der Waals surface area contributed by atoms with Gasteiger partial charge in [0, 0.05) is 17.1 Å². The highest BCUT2D eigenvalue weighted by atomic mass is 79.9. The van der Waals surface area contributed by atoms with Gasteiger partial charge in [-0.25, -0.2) is 0 Å². The molecule has 1 N–H and O–H groups in total. The molecule has 3 heteroatoms. The van der Waals surface area contributed by atoms with Gasteiger partial charge < -0.3 is 10.1 Å². The predicted octanol–water partition coefficient (Wildman–Crippen LogP) is 4.52. The molecule has 1 aromatic rings. The Hall–Kier alpha value is -0.540. The molecule has 3 aliphatic rings. The zero-order valence-corrected chi connectivity index (χ0v) is 14.1. The van der Waals surface area contributed by atoms with Gasteiger partial charge >= 0.3 is 0 Å². The minimum Gasteiger partial charge on any atom is -0.493 e. The molecule has 3 unspecified atom stereocenters. The Balaban J connectivity index is 1.34. The molecule has 2 bridgehead atoms.